The van der Waals surface area contributed by atoms with Crippen molar-refractivity contribution in [3.8, 4) is 0 Å². The average Bonchev–Trinajstić information content (AvgIpc) is 2.54. The van der Waals surface area contributed by atoms with Crippen molar-refractivity contribution in [3.63, 3.8) is 0 Å². The molecule has 0 spiro atoms. The minimum Gasteiger partial charge on any atom is -0.368 e. The lowest BCUT2D eigenvalue weighted by Gasteiger charge is -2.30. The molecule has 1 aliphatic rings. The molecule has 0 aliphatic carbocycles. The van der Waals surface area contributed by atoms with E-state index >= 15 is 0 Å². The Morgan fingerprint density at radius 3 is 2.46 bits per heavy atom. The lowest BCUT2D eigenvalue weighted by atomic mass is 9.97. The van der Waals surface area contributed by atoms with E-state index in [-0.39, 0.29) is 46.4 Å². The third kappa shape index (κ3) is 4.38. The van der Waals surface area contributed by atoms with Crippen molar-refractivity contribution in [1.82, 2.24) is 9.62 Å². The predicted molar refractivity (Wildman–Crippen MR) is 90.1 cm³/mol. The van der Waals surface area contributed by atoms with Gasteiger partial charge in [-0.15, -0.1) is 0 Å². The van der Waals surface area contributed by atoms with E-state index < -0.39 is 15.9 Å². The first-order chi connectivity index (χ1) is 11.2. The number of carbonyl (C=O) groups is 2. The van der Waals surface area contributed by atoms with Crippen molar-refractivity contribution in [1.29, 1.82) is 0 Å². The SMILES string of the molecule is NC(=O)CNC(=O)C1CCN(S(=O)(=O)c2cc(Cl)ccc2Cl)CC1. The molecule has 0 atom stereocenters. The molecule has 1 fully saturated rings. The molecule has 0 bridgehead atoms. The first kappa shape index (κ1) is 19.0. The number of hydrogen-bond donors (Lipinski definition) is 2. The van der Waals surface area contributed by atoms with Gasteiger partial charge in [0.25, 0.3) is 0 Å². The normalized spacial score (nSPS) is 16.8. The quantitative estimate of drug-likeness (QED) is 0.776. The second kappa shape index (κ2) is 7.69. The number of nitrogens with one attached hydrogen (secondary N) is 1. The van der Waals surface area contributed by atoms with E-state index in [4.69, 9.17) is 28.9 Å². The van der Waals surface area contributed by atoms with Crippen LogP contribution in [0.3, 0.4) is 0 Å². The molecule has 132 valence electrons. The fourth-order valence-corrected chi connectivity index (χ4v) is 4.70. The topological polar surface area (TPSA) is 110 Å². The summed E-state index contributed by atoms with van der Waals surface area (Å²) >= 11 is 11.8. The van der Waals surface area contributed by atoms with Gasteiger partial charge in [-0.25, -0.2) is 8.42 Å². The Balaban J connectivity index is 2.04. The van der Waals surface area contributed by atoms with E-state index in [1.54, 1.807) is 0 Å². The zero-order chi connectivity index (χ0) is 17.9. The molecule has 2 rings (SSSR count). The molecular formula is C14H17Cl2N3O4S. The largest absolute Gasteiger partial charge is 0.368 e. The summed E-state index contributed by atoms with van der Waals surface area (Å²) in [6.45, 7) is 0.134. The van der Waals surface area contributed by atoms with Crippen LogP contribution in [0.5, 0.6) is 0 Å². The standard InChI is InChI=1S/C14H17Cl2N3O4S/c15-10-1-2-11(16)12(7-10)24(22,23)19-5-3-9(4-6-19)14(21)18-8-13(17)20/h1-2,7,9H,3-6,8H2,(H2,17,20)(H,18,21). The molecule has 1 saturated heterocycles. The molecular weight excluding hydrogens is 377 g/mol. The van der Waals surface area contributed by atoms with Gasteiger partial charge in [-0.2, -0.15) is 4.31 Å². The zero-order valence-electron chi connectivity index (χ0n) is 12.7. The van der Waals surface area contributed by atoms with E-state index in [1.165, 1.54) is 22.5 Å². The Hall–Kier alpha value is -1.35. The van der Waals surface area contributed by atoms with Gasteiger partial charge in [0.15, 0.2) is 0 Å². The van der Waals surface area contributed by atoms with Crippen molar-refractivity contribution in [3.05, 3.63) is 28.2 Å². The maximum absolute atomic E-state index is 12.7. The second-order valence-electron chi connectivity index (χ2n) is 5.44. The molecule has 7 nitrogen and oxygen atoms in total. The molecule has 0 aromatic heterocycles. The van der Waals surface area contributed by atoms with Crippen LogP contribution in [0.25, 0.3) is 0 Å². The molecule has 10 heteroatoms. The molecule has 0 unspecified atom stereocenters. The molecule has 0 saturated carbocycles. The Labute approximate surface area is 150 Å². The van der Waals surface area contributed by atoms with E-state index in [0.29, 0.717) is 12.8 Å². The Bertz CT molecular complexity index is 746. The number of piperidine rings is 1. The summed E-state index contributed by atoms with van der Waals surface area (Å²) in [7, 11) is -3.78. The minimum atomic E-state index is -3.78. The van der Waals surface area contributed by atoms with Gasteiger partial charge in [0, 0.05) is 24.0 Å². The molecule has 1 aromatic carbocycles. The summed E-state index contributed by atoms with van der Waals surface area (Å²) in [5.74, 6) is -1.28. The van der Waals surface area contributed by atoms with Crippen molar-refractivity contribution in [2.45, 2.75) is 17.7 Å². The monoisotopic (exact) mass is 393 g/mol. The Morgan fingerprint density at radius 2 is 1.88 bits per heavy atom. The number of amides is 2. The summed E-state index contributed by atoms with van der Waals surface area (Å²) in [5.41, 5.74) is 4.98. The first-order valence-electron chi connectivity index (χ1n) is 7.23. The highest BCUT2D eigenvalue weighted by Gasteiger charge is 2.33. The highest BCUT2D eigenvalue weighted by atomic mass is 35.5. The van der Waals surface area contributed by atoms with E-state index in [1.807, 2.05) is 0 Å². The van der Waals surface area contributed by atoms with Gasteiger partial charge in [-0.05, 0) is 31.0 Å². The first-order valence-corrected chi connectivity index (χ1v) is 9.42. The second-order valence-corrected chi connectivity index (χ2v) is 8.19. The molecule has 24 heavy (non-hydrogen) atoms. The molecule has 2 amide bonds. The lowest BCUT2D eigenvalue weighted by molar-refractivity contribution is -0.128. The third-order valence-electron chi connectivity index (χ3n) is 3.77. The maximum Gasteiger partial charge on any atom is 0.244 e. The van der Waals surface area contributed by atoms with Gasteiger partial charge in [0.1, 0.15) is 4.90 Å². The zero-order valence-corrected chi connectivity index (χ0v) is 15.0. The van der Waals surface area contributed by atoms with Crippen LogP contribution in [0.2, 0.25) is 10.0 Å². The van der Waals surface area contributed by atoms with Gasteiger partial charge < -0.3 is 11.1 Å². The number of nitrogens with zero attached hydrogens (tertiary/aromatic N) is 1. The average molecular weight is 394 g/mol. The fourth-order valence-electron chi connectivity index (χ4n) is 2.49. The number of hydrogen-bond acceptors (Lipinski definition) is 4. The van der Waals surface area contributed by atoms with Gasteiger partial charge in [0.2, 0.25) is 21.8 Å². The van der Waals surface area contributed by atoms with Gasteiger partial charge in [-0.3, -0.25) is 9.59 Å². The third-order valence-corrected chi connectivity index (χ3v) is 6.39. The van der Waals surface area contributed by atoms with Crippen LogP contribution in [-0.2, 0) is 19.6 Å². The number of carbonyl (C=O) groups excluding carboxylic acids is 2. The number of primary amides is 1. The molecule has 0 radical (unpaired) electrons. The highest BCUT2D eigenvalue weighted by Crippen LogP contribution is 2.30. The summed E-state index contributed by atoms with van der Waals surface area (Å²) in [6.07, 6.45) is 0.698. The smallest absolute Gasteiger partial charge is 0.244 e. The molecule has 1 aliphatic heterocycles. The van der Waals surface area contributed by atoms with Gasteiger partial charge >= 0.3 is 0 Å². The van der Waals surface area contributed by atoms with Crippen LogP contribution in [0, 0.1) is 5.92 Å². The predicted octanol–water partition coefficient (Wildman–Crippen LogP) is 0.996. The lowest BCUT2D eigenvalue weighted by Crippen LogP contribution is -2.44. The summed E-state index contributed by atoms with van der Waals surface area (Å²) < 4.78 is 26.6. The number of sulfonamides is 1. The number of benzene rings is 1. The van der Waals surface area contributed by atoms with Crippen LogP contribution < -0.4 is 11.1 Å². The van der Waals surface area contributed by atoms with Crippen LogP contribution in [0.1, 0.15) is 12.8 Å². The van der Waals surface area contributed by atoms with Crippen molar-refractivity contribution in [2.24, 2.45) is 11.7 Å². The van der Waals surface area contributed by atoms with Gasteiger partial charge in [0.05, 0.1) is 11.6 Å². The van der Waals surface area contributed by atoms with E-state index in [9.17, 15) is 18.0 Å². The van der Waals surface area contributed by atoms with Crippen LogP contribution in [0.4, 0.5) is 0 Å². The molecule has 1 aromatic rings. The fraction of sp³-hybridized carbons (Fsp3) is 0.429. The molecule has 3 N–H and O–H groups in total. The van der Waals surface area contributed by atoms with Gasteiger partial charge in [-0.1, -0.05) is 23.2 Å². The summed E-state index contributed by atoms with van der Waals surface area (Å²) in [6, 6.07) is 4.25. The summed E-state index contributed by atoms with van der Waals surface area (Å²) in [4.78, 5) is 22.5. The maximum atomic E-state index is 12.7. The number of rotatable bonds is 5. The van der Waals surface area contributed by atoms with Crippen molar-refractivity contribution in [2.75, 3.05) is 19.6 Å². The van der Waals surface area contributed by atoms with Crippen LogP contribution in [0.15, 0.2) is 23.1 Å². The Kier molecular flexibility index (Phi) is 6.08. The number of halogens is 2. The van der Waals surface area contributed by atoms with Crippen molar-refractivity contribution >= 4 is 45.0 Å². The van der Waals surface area contributed by atoms with Crippen molar-refractivity contribution < 1.29 is 18.0 Å². The van der Waals surface area contributed by atoms with Crippen LogP contribution in [-0.4, -0.2) is 44.2 Å². The molecule has 1 heterocycles. The summed E-state index contributed by atoms with van der Waals surface area (Å²) in [5, 5.41) is 2.81. The van der Waals surface area contributed by atoms with Crippen LogP contribution >= 0.6 is 23.2 Å². The highest BCUT2D eigenvalue weighted by molar-refractivity contribution is 7.89. The van der Waals surface area contributed by atoms with E-state index in [0.717, 1.165) is 0 Å². The Morgan fingerprint density at radius 1 is 1.25 bits per heavy atom. The number of nitrogens with two attached hydrogens (primary N) is 1. The van der Waals surface area contributed by atoms with E-state index in [2.05, 4.69) is 5.32 Å². The minimum absolute atomic E-state index is 0.0479.